The molecule has 1 aliphatic rings. The Morgan fingerprint density at radius 3 is 2.33 bits per heavy atom. The highest BCUT2D eigenvalue weighted by Gasteiger charge is 2.44. The molecule has 7 nitrogen and oxygen atoms in total. The number of hydrogen-bond donors (Lipinski definition) is 1. The van der Waals surface area contributed by atoms with E-state index in [1.54, 1.807) is 31.3 Å². The molecule has 2 aromatic rings. The standard InChI is InChI=1S/C19H24N4O3S/c1-22(2)18(24)19(21-16-7-4-3-5-8-16)10-13-23(14-11-19)27(25,26)17-9-6-12-20-15-17/h3-9,12,15,21H,10-11,13-14H2,1-2H3. The highest BCUT2D eigenvalue weighted by atomic mass is 32.2. The van der Waals surface area contributed by atoms with Gasteiger partial charge in [0.1, 0.15) is 10.4 Å². The Kier molecular flexibility index (Phi) is 5.48. The molecule has 1 aromatic heterocycles. The van der Waals surface area contributed by atoms with Crippen molar-refractivity contribution in [2.45, 2.75) is 23.3 Å². The van der Waals surface area contributed by atoms with E-state index in [1.807, 2.05) is 30.3 Å². The summed E-state index contributed by atoms with van der Waals surface area (Å²) in [5.41, 5.74) is 0.0162. The predicted molar refractivity (Wildman–Crippen MR) is 104 cm³/mol. The molecule has 27 heavy (non-hydrogen) atoms. The van der Waals surface area contributed by atoms with E-state index in [0.717, 1.165) is 5.69 Å². The predicted octanol–water partition coefficient (Wildman–Crippen LogP) is 1.81. The molecular formula is C19H24N4O3S. The molecule has 1 amide bonds. The smallest absolute Gasteiger partial charge is 0.247 e. The maximum atomic E-state index is 12.9. The summed E-state index contributed by atoms with van der Waals surface area (Å²) in [6.45, 7) is 0.521. The minimum Gasteiger partial charge on any atom is -0.371 e. The van der Waals surface area contributed by atoms with Crippen LogP contribution in [-0.4, -0.2) is 61.2 Å². The quantitative estimate of drug-likeness (QED) is 0.845. The van der Waals surface area contributed by atoms with Gasteiger partial charge in [-0.1, -0.05) is 18.2 Å². The number of carbonyl (C=O) groups is 1. The van der Waals surface area contributed by atoms with Gasteiger partial charge in [0.2, 0.25) is 15.9 Å². The van der Waals surface area contributed by atoms with Crippen LogP contribution >= 0.6 is 0 Å². The number of para-hydroxylation sites is 1. The van der Waals surface area contributed by atoms with Crippen molar-refractivity contribution in [2.24, 2.45) is 0 Å². The van der Waals surface area contributed by atoms with Gasteiger partial charge in [0.15, 0.2) is 0 Å². The van der Waals surface area contributed by atoms with Crippen molar-refractivity contribution >= 4 is 21.6 Å². The number of pyridine rings is 1. The zero-order chi connectivity index (χ0) is 19.5. The molecule has 8 heteroatoms. The molecule has 0 bridgehead atoms. The molecule has 0 radical (unpaired) electrons. The van der Waals surface area contributed by atoms with Crippen LogP contribution in [0.5, 0.6) is 0 Å². The summed E-state index contributed by atoms with van der Waals surface area (Å²) < 4.78 is 27.1. The van der Waals surface area contributed by atoms with Crippen molar-refractivity contribution in [2.75, 3.05) is 32.5 Å². The molecule has 3 rings (SSSR count). The van der Waals surface area contributed by atoms with Crippen LogP contribution in [0.1, 0.15) is 12.8 Å². The van der Waals surface area contributed by atoms with Crippen LogP contribution in [0.2, 0.25) is 0 Å². The lowest BCUT2D eigenvalue weighted by atomic mass is 9.86. The number of piperidine rings is 1. The number of hydrogen-bond acceptors (Lipinski definition) is 5. The first-order valence-corrected chi connectivity index (χ1v) is 10.2. The summed E-state index contributed by atoms with van der Waals surface area (Å²) >= 11 is 0. The van der Waals surface area contributed by atoms with Gasteiger partial charge in [-0.15, -0.1) is 0 Å². The third-order valence-corrected chi connectivity index (χ3v) is 6.70. The highest BCUT2D eigenvalue weighted by Crippen LogP contribution is 2.31. The lowest BCUT2D eigenvalue weighted by molar-refractivity contribution is -0.134. The van der Waals surface area contributed by atoms with E-state index in [9.17, 15) is 13.2 Å². The minimum atomic E-state index is -3.61. The summed E-state index contributed by atoms with van der Waals surface area (Å²) in [7, 11) is -0.177. The summed E-state index contributed by atoms with van der Waals surface area (Å²) in [4.78, 5) is 18.6. The monoisotopic (exact) mass is 388 g/mol. The Morgan fingerprint density at radius 2 is 1.78 bits per heavy atom. The van der Waals surface area contributed by atoms with E-state index in [-0.39, 0.29) is 23.9 Å². The second kappa shape index (κ2) is 7.66. The molecule has 0 unspecified atom stereocenters. The number of aromatic nitrogens is 1. The number of nitrogens with one attached hydrogen (secondary N) is 1. The van der Waals surface area contributed by atoms with Gasteiger partial charge in [0, 0.05) is 45.3 Å². The largest absolute Gasteiger partial charge is 0.371 e. The topological polar surface area (TPSA) is 82.6 Å². The van der Waals surface area contributed by atoms with Crippen molar-refractivity contribution < 1.29 is 13.2 Å². The van der Waals surface area contributed by atoms with E-state index in [1.165, 1.54) is 16.6 Å². The molecule has 0 aliphatic carbocycles. The molecule has 1 saturated heterocycles. The molecule has 0 saturated carbocycles. The highest BCUT2D eigenvalue weighted by molar-refractivity contribution is 7.89. The summed E-state index contributed by atoms with van der Waals surface area (Å²) in [6.07, 6.45) is 3.67. The second-order valence-corrected chi connectivity index (χ2v) is 8.80. The molecular weight excluding hydrogens is 364 g/mol. The third kappa shape index (κ3) is 3.96. The summed E-state index contributed by atoms with van der Waals surface area (Å²) in [5.74, 6) is -0.0511. The van der Waals surface area contributed by atoms with Gasteiger partial charge in [-0.2, -0.15) is 4.31 Å². The molecule has 1 aromatic carbocycles. The lowest BCUT2D eigenvalue weighted by Gasteiger charge is -2.42. The van der Waals surface area contributed by atoms with Crippen LogP contribution in [-0.2, 0) is 14.8 Å². The Morgan fingerprint density at radius 1 is 1.11 bits per heavy atom. The molecule has 1 aliphatic heterocycles. The van der Waals surface area contributed by atoms with E-state index in [2.05, 4.69) is 10.3 Å². The fourth-order valence-electron chi connectivity index (χ4n) is 3.38. The van der Waals surface area contributed by atoms with E-state index in [0.29, 0.717) is 12.8 Å². The number of rotatable bonds is 5. The number of carbonyl (C=O) groups excluding carboxylic acids is 1. The van der Waals surface area contributed by atoms with E-state index in [4.69, 9.17) is 0 Å². The molecule has 144 valence electrons. The molecule has 0 atom stereocenters. The fraction of sp³-hybridized carbons (Fsp3) is 0.368. The zero-order valence-corrected chi connectivity index (χ0v) is 16.3. The van der Waals surface area contributed by atoms with E-state index >= 15 is 0 Å². The number of anilines is 1. The van der Waals surface area contributed by atoms with Gasteiger partial charge >= 0.3 is 0 Å². The maximum Gasteiger partial charge on any atom is 0.247 e. The first kappa shape index (κ1) is 19.3. The van der Waals surface area contributed by atoms with Crippen molar-refractivity contribution in [1.29, 1.82) is 0 Å². The van der Waals surface area contributed by atoms with Crippen LogP contribution in [0.25, 0.3) is 0 Å². The summed E-state index contributed by atoms with van der Waals surface area (Å²) in [5, 5.41) is 3.36. The number of benzene rings is 1. The summed E-state index contributed by atoms with van der Waals surface area (Å²) in [6, 6.07) is 12.7. The third-order valence-electron chi connectivity index (χ3n) is 4.82. The van der Waals surface area contributed by atoms with Crippen molar-refractivity contribution in [3.05, 3.63) is 54.9 Å². The van der Waals surface area contributed by atoms with Gasteiger partial charge < -0.3 is 10.2 Å². The number of sulfonamides is 1. The first-order valence-electron chi connectivity index (χ1n) is 8.80. The number of amides is 1. The number of likely N-dealkylation sites (N-methyl/N-ethyl adjacent to an activating group) is 1. The lowest BCUT2D eigenvalue weighted by Crippen LogP contribution is -2.58. The first-order chi connectivity index (χ1) is 12.8. The fourth-order valence-corrected chi connectivity index (χ4v) is 4.78. The van der Waals surface area contributed by atoms with Crippen LogP contribution in [0.15, 0.2) is 59.8 Å². The van der Waals surface area contributed by atoms with Crippen LogP contribution in [0.4, 0.5) is 5.69 Å². The van der Waals surface area contributed by atoms with Gasteiger partial charge in [-0.3, -0.25) is 9.78 Å². The zero-order valence-electron chi connectivity index (χ0n) is 15.5. The maximum absolute atomic E-state index is 12.9. The Bertz CT molecular complexity index is 878. The molecule has 1 fully saturated rings. The van der Waals surface area contributed by atoms with Gasteiger partial charge in [0.05, 0.1) is 0 Å². The van der Waals surface area contributed by atoms with Gasteiger partial charge in [0.25, 0.3) is 0 Å². The Labute approximate surface area is 160 Å². The molecule has 1 N–H and O–H groups in total. The SMILES string of the molecule is CN(C)C(=O)C1(Nc2ccccc2)CCN(S(=O)(=O)c2cccnc2)CC1. The van der Waals surface area contributed by atoms with Crippen molar-refractivity contribution in [1.82, 2.24) is 14.2 Å². The Balaban J connectivity index is 1.83. The van der Waals surface area contributed by atoms with Crippen LogP contribution in [0.3, 0.4) is 0 Å². The van der Waals surface area contributed by atoms with Crippen LogP contribution in [0, 0.1) is 0 Å². The Hall–Kier alpha value is -2.45. The average molecular weight is 388 g/mol. The molecule has 0 spiro atoms. The average Bonchev–Trinajstić information content (AvgIpc) is 2.69. The van der Waals surface area contributed by atoms with Gasteiger partial charge in [-0.25, -0.2) is 8.42 Å². The molecule has 2 heterocycles. The number of nitrogens with zero attached hydrogens (tertiary/aromatic N) is 3. The van der Waals surface area contributed by atoms with Gasteiger partial charge in [-0.05, 0) is 37.1 Å². The van der Waals surface area contributed by atoms with Crippen molar-refractivity contribution in [3.63, 3.8) is 0 Å². The van der Waals surface area contributed by atoms with Crippen molar-refractivity contribution in [3.8, 4) is 0 Å². The normalized spacial score (nSPS) is 17.3. The van der Waals surface area contributed by atoms with Crippen LogP contribution < -0.4 is 5.32 Å². The van der Waals surface area contributed by atoms with E-state index < -0.39 is 15.6 Å². The second-order valence-electron chi connectivity index (χ2n) is 6.87. The minimum absolute atomic E-state index is 0.0511.